The SMILES string of the molecule is Nc1nc(-c2cc(-c3ccon3)n(Cc3ccccc3F)n2)nc2c1C(C(=O)NC1CC1)C(=O)N2. The average Bonchev–Trinajstić information content (AvgIpc) is 3.22. The molecule has 2 amide bonds. The number of hydrogen-bond donors (Lipinski definition) is 3. The maximum absolute atomic E-state index is 14.3. The summed E-state index contributed by atoms with van der Waals surface area (Å²) in [7, 11) is 0. The second-order valence-electron chi connectivity index (χ2n) is 8.45. The van der Waals surface area contributed by atoms with Crippen LogP contribution in [0.15, 0.2) is 47.2 Å². The topological polar surface area (TPSA) is 154 Å². The molecule has 4 heterocycles. The third-order valence-corrected chi connectivity index (χ3v) is 5.94. The zero-order valence-electron chi connectivity index (χ0n) is 18.2. The van der Waals surface area contributed by atoms with Gasteiger partial charge in [0.2, 0.25) is 11.8 Å². The lowest BCUT2D eigenvalue weighted by atomic mass is 10.0. The Morgan fingerprint density at radius 1 is 1.23 bits per heavy atom. The summed E-state index contributed by atoms with van der Waals surface area (Å²) in [6.45, 7) is 0.120. The van der Waals surface area contributed by atoms with E-state index in [0.717, 1.165) is 12.8 Å². The minimum absolute atomic E-state index is 0.00550. The first-order valence-corrected chi connectivity index (χ1v) is 11.0. The van der Waals surface area contributed by atoms with Crippen LogP contribution in [0.3, 0.4) is 0 Å². The lowest BCUT2D eigenvalue weighted by molar-refractivity contribution is -0.128. The van der Waals surface area contributed by atoms with Gasteiger partial charge in [0.25, 0.3) is 0 Å². The van der Waals surface area contributed by atoms with Crippen molar-refractivity contribution in [2.75, 3.05) is 11.1 Å². The summed E-state index contributed by atoms with van der Waals surface area (Å²) < 4.78 is 20.8. The number of rotatable bonds is 6. The number of aromatic nitrogens is 5. The minimum Gasteiger partial charge on any atom is -0.383 e. The van der Waals surface area contributed by atoms with Crippen molar-refractivity contribution in [3.63, 3.8) is 0 Å². The molecule has 0 bridgehead atoms. The quantitative estimate of drug-likeness (QED) is 0.359. The Bertz CT molecular complexity index is 1460. The number of anilines is 2. The predicted molar refractivity (Wildman–Crippen MR) is 121 cm³/mol. The fraction of sp³-hybridized carbons (Fsp3) is 0.217. The number of fused-ring (bicyclic) bond motifs is 1. The lowest BCUT2D eigenvalue weighted by Crippen LogP contribution is -2.34. The number of nitrogens with zero attached hydrogens (tertiary/aromatic N) is 5. The number of carbonyl (C=O) groups excluding carboxylic acids is 2. The Balaban J connectivity index is 1.39. The van der Waals surface area contributed by atoms with Gasteiger partial charge in [-0.15, -0.1) is 0 Å². The van der Waals surface area contributed by atoms with Crippen molar-refractivity contribution in [1.29, 1.82) is 0 Å². The standard InChI is InChI=1S/C23H19FN8O3/c24-13-4-2-1-3-11(13)10-32-16(14-7-8-35-31-14)9-15(30-32)20-27-19(25)17-18(22(33)26-12-5-6-12)23(34)29-21(17)28-20/h1-4,7-9,12,18H,5-6,10H2,(H,26,33)(H3,25,27,28,29,34). The molecule has 11 nitrogen and oxygen atoms in total. The van der Waals surface area contributed by atoms with Crippen LogP contribution in [-0.4, -0.2) is 42.8 Å². The van der Waals surface area contributed by atoms with Crippen molar-refractivity contribution in [3.05, 3.63) is 59.6 Å². The summed E-state index contributed by atoms with van der Waals surface area (Å²) in [4.78, 5) is 33.9. The van der Waals surface area contributed by atoms with Crippen LogP contribution >= 0.6 is 0 Å². The Labute approximate surface area is 197 Å². The molecule has 0 radical (unpaired) electrons. The molecule has 1 saturated carbocycles. The molecule has 0 spiro atoms. The van der Waals surface area contributed by atoms with Crippen LogP contribution in [-0.2, 0) is 16.1 Å². The molecule has 1 aliphatic carbocycles. The highest BCUT2D eigenvalue weighted by Gasteiger charge is 2.42. The number of halogens is 1. The van der Waals surface area contributed by atoms with Gasteiger partial charge >= 0.3 is 0 Å². The average molecular weight is 474 g/mol. The highest BCUT2D eigenvalue weighted by atomic mass is 19.1. The molecule has 4 N–H and O–H groups in total. The molecule has 176 valence electrons. The molecule has 35 heavy (non-hydrogen) atoms. The largest absolute Gasteiger partial charge is 0.383 e. The fourth-order valence-corrected chi connectivity index (χ4v) is 4.05. The van der Waals surface area contributed by atoms with E-state index in [9.17, 15) is 14.0 Å². The predicted octanol–water partition coefficient (Wildman–Crippen LogP) is 2.08. The van der Waals surface area contributed by atoms with Crippen LogP contribution in [0.2, 0.25) is 0 Å². The van der Waals surface area contributed by atoms with Gasteiger partial charge in [0.15, 0.2) is 5.82 Å². The van der Waals surface area contributed by atoms with Gasteiger partial charge in [-0.05, 0) is 25.0 Å². The zero-order valence-corrected chi connectivity index (χ0v) is 18.2. The second-order valence-corrected chi connectivity index (χ2v) is 8.45. The molecule has 1 fully saturated rings. The van der Waals surface area contributed by atoms with E-state index in [1.165, 1.54) is 12.3 Å². The van der Waals surface area contributed by atoms with Crippen LogP contribution in [0.1, 0.15) is 29.9 Å². The molecule has 6 rings (SSSR count). The van der Waals surface area contributed by atoms with E-state index in [0.29, 0.717) is 22.6 Å². The van der Waals surface area contributed by atoms with Gasteiger partial charge in [-0.3, -0.25) is 14.3 Å². The molecular formula is C23H19FN8O3. The van der Waals surface area contributed by atoms with Gasteiger partial charge in [-0.1, -0.05) is 23.4 Å². The molecule has 1 aliphatic heterocycles. The number of carbonyl (C=O) groups is 2. The molecule has 1 unspecified atom stereocenters. The number of hydrogen-bond acceptors (Lipinski definition) is 8. The monoisotopic (exact) mass is 474 g/mol. The maximum Gasteiger partial charge on any atom is 0.242 e. The van der Waals surface area contributed by atoms with Gasteiger partial charge in [0.05, 0.1) is 17.8 Å². The minimum atomic E-state index is -1.11. The molecule has 12 heteroatoms. The third-order valence-electron chi connectivity index (χ3n) is 5.94. The molecular weight excluding hydrogens is 455 g/mol. The van der Waals surface area contributed by atoms with E-state index in [1.807, 2.05) is 0 Å². The van der Waals surface area contributed by atoms with Crippen LogP contribution < -0.4 is 16.4 Å². The number of nitrogen functional groups attached to an aromatic ring is 1. The van der Waals surface area contributed by atoms with E-state index in [2.05, 4.69) is 30.9 Å². The van der Waals surface area contributed by atoms with Gasteiger partial charge in [-0.25, -0.2) is 14.4 Å². The first kappa shape index (κ1) is 21.0. The van der Waals surface area contributed by atoms with Crippen molar-refractivity contribution in [1.82, 2.24) is 30.2 Å². The molecule has 1 atom stereocenters. The molecule has 3 aromatic heterocycles. The summed E-state index contributed by atoms with van der Waals surface area (Å²) in [5, 5.41) is 14.0. The maximum atomic E-state index is 14.3. The summed E-state index contributed by atoms with van der Waals surface area (Å²) >= 11 is 0. The van der Waals surface area contributed by atoms with Gasteiger partial charge in [0.1, 0.15) is 41.0 Å². The van der Waals surface area contributed by atoms with E-state index in [-0.39, 0.29) is 41.4 Å². The van der Waals surface area contributed by atoms with Gasteiger partial charge in [-0.2, -0.15) is 5.10 Å². The number of benzene rings is 1. The van der Waals surface area contributed by atoms with Crippen molar-refractivity contribution in [3.8, 4) is 22.9 Å². The highest BCUT2D eigenvalue weighted by Crippen LogP contribution is 2.37. The van der Waals surface area contributed by atoms with E-state index in [4.69, 9.17) is 10.3 Å². The fourth-order valence-electron chi connectivity index (χ4n) is 4.05. The Hall–Kier alpha value is -4.61. The van der Waals surface area contributed by atoms with E-state index in [1.54, 1.807) is 35.0 Å². The van der Waals surface area contributed by atoms with Gasteiger partial charge in [0, 0.05) is 17.7 Å². The Morgan fingerprint density at radius 2 is 2.06 bits per heavy atom. The van der Waals surface area contributed by atoms with Gasteiger partial charge < -0.3 is 20.9 Å². The Kier molecular flexibility index (Phi) is 4.80. The number of amides is 2. The summed E-state index contributed by atoms with van der Waals surface area (Å²) in [5.41, 5.74) is 8.23. The Morgan fingerprint density at radius 3 is 2.80 bits per heavy atom. The lowest BCUT2D eigenvalue weighted by Gasteiger charge is -2.10. The van der Waals surface area contributed by atoms with Crippen LogP contribution in [0.4, 0.5) is 16.0 Å². The molecule has 4 aromatic rings. The summed E-state index contributed by atoms with van der Waals surface area (Å²) in [6.07, 6.45) is 3.20. The molecule has 2 aliphatic rings. The summed E-state index contributed by atoms with van der Waals surface area (Å²) in [5.74, 6) is -2.09. The van der Waals surface area contributed by atoms with Crippen molar-refractivity contribution in [2.45, 2.75) is 31.3 Å². The molecule has 1 aromatic carbocycles. The number of nitrogens with two attached hydrogens (primary N) is 1. The van der Waals surface area contributed by atoms with Crippen molar-refractivity contribution < 1.29 is 18.5 Å². The van der Waals surface area contributed by atoms with Crippen molar-refractivity contribution in [2.24, 2.45) is 0 Å². The first-order chi connectivity index (χ1) is 17.0. The van der Waals surface area contributed by atoms with Crippen LogP contribution in [0.25, 0.3) is 22.9 Å². The van der Waals surface area contributed by atoms with E-state index >= 15 is 0 Å². The zero-order chi connectivity index (χ0) is 24.1. The third kappa shape index (κ3) is 3.78. The smallest absolute Gasteiger partial charge is 0.242 e. The first-order valence-electron chi connectivity index (χ1n) is 11.0. The molecule has 0 saturated heterocycles. The summed E-state index contributed by atoms with van der Waals surface area (Å²) in [6, 6.07) is 9.80. The second kappa shape index (κ2) is 8.01. The van der Waals surface area contributed by atoms with E-state index < -0.39 is 17.7 Å². The van der Waals surface area contributed by atoms with Crippen LogP contribution in [0.5, 0.6) is 0 Å². The highest BCUT2D eigenvalue weighted by molar-refractivity contribution is 6.17. The normalized spacial score (nSPS) is 16.7. The number of nitrogens with one attached hydrogen (secondary N) is 2. The van der Waals surface area contributed by atoms with Crippen LogP contribution in [0, 0.1) is 5.82 Å². The van der Waals surface area contributed by atoms with Crippen molar-refractivity contribution >= 4 is 23.5 Å².